The molecular weight excluding hydrogens is 472 g/mol. The molecular formula is C27H25F2NO4S. The maximum atomic E-state index is 14.0. The molecule has 0 radical (unpaired) electrons. The van der Waals surface area contributed by atoms with E-state index in [1.54, 1.807) is 35.7 Å². The number of carbonyl (C=O) groups is 2. The van der Waals surface area contributed by atoms with Crippen LogP contribution in [0.25, 0.3) is 5.76 Å². The molecule has 3 aromatic rings. The van der Waals surface area contributed by atoms with E-state index < -0.39 is 29.4 Å². The number of rotatable bonds is 5. The van der Waals surface area contributed by atoms with Crippen LogP contribution in [0.4, 0.5) is 14.5 Å². The van der Waals surface area contributed by atoms with E-state index in [-0.39, 0.29) is 22.4 Å². The van der Waals surface area contributed by atoms with E-state index in [2.05, 4.69) is 0 Å². The van der Waals surface area contributed by atoms with Crippen LogP contribution in [0.2, 0.25) is 0 Å². The third-order valence-corrected chi connectivity index (χ3v) is 6.72. The van der Waals surface area contributed by atoms with Gasteiger partial charge in [0.2, 0.25) is 0 Å². The van der Waals surface area contributed by atoms with Crippen LogP contribution in [0, 0.1) is 11.6 Å². The van der Waals surface area contributed by atoms with Gasteiger partial charge in [0.25, 0.3) is 11.7 Å². The molecule has 1 fully saturated rings. The molecule has 0 bridgehead atoms. The number of hydrogen-bond donors (Lipinski definition) is 1. The SMILES string of the molecule is CCOc1ccc(/C(O)=C2/C(=O)C(=O)N(c3ccc(F)c(F)c3)C2c2cccs2)cc1C(C)(C)C. The summed E-state index contributed by atoms with van der Waals surface area (Å²) in [4.78, 5) is 28.0. The summed E-state index contributed by atoms with van der Waals surface area (Å²) in [7, 11) is 0. The van der Waals surface area contributed by atoms with Crippen molar-refractivity contribution in [1.29, 1.82) is 0 Å². The number of ketones is 1. The van der Waals surface area contributed by atoms with Gasteiger partial charge in [-0.1, -0.05) is 26.8 Å². The predicted molar refractivity (Wildman–Crippen MR) is 132 cm³/mol. The van der Waals surface area contributed by atoms with Gasteiger partial charge < -0.3 is 9.84 Å². The van der Waals surface area contributed by atoms with E-state index in [0.717, 1.165) is 22.6 Å². The Morgan fingerprint density at radius 1 is 1.09 bits per heavy atom. The number of aliphatic hydroxyl groups is 1. The lowest BCUT2D eigenvalue weighted by Crippen LogP contribution is -2.29. The highest BCUT2D eigenvalue weighted by Crippen LogP contribution is 2.44. The minimum atomic E-state index is -1.14. The first-order valence-corrected chi connectivity index (χ1v) is 12.0. The summed E-state index contributed by atoms with van der Waals surface area (Å²) >= 11 is 1.28. The third kappa shape index (κ3) is 4.46. The molecule has 0 spiro atoms. The van der Waals surface area contributed by atoms with Gasteiger partial charge >= 0.3 is 0 Å². The minimum Gasteiger partial charge on any atom is -0.507 e. The van der Waals surface area contributed by atoms with E-state index in [1.165, 1.54) is 17.4 Å². The summed E-state index contributed by atoms with van der Waals surface area (Å²) in [5.74, 6) is -3.73. The fourth-order valence-electron chi connectivity index (χ4n) is 4.15. The molecule has 8 heteroatoms. The van der Waals surface area contributed by atoms with Crippen LogP contribution >= 0.6 is 11.3 Å². The van der Waals surface area contributed by atoms with Gasteiger partial charge in [-0.2, -0.15) is 0 Å². The first kappa shape index (κ1) is 24.6. The molecule has 0 saturated carbocycles. The topological polar surface area (TPSA) is 66.8 Å². The molecule has 1 saturated heterocycles. The quantitative estimate of drug-likeness (QED) is 0.253. The van der Waals surface area contributed by atoms with Crippen molar-refractivity contribution < 1.29 is 28.2 Å². The van der Waals surface area contributed by atoms with Gasteiger partial charge in [0, 0.05) is 27.8 Å². The fourth-order valence-corrected chi connectivity index (χ4v) is 4.97. The standard InChI is InChI=1S/C27H25F2NO4S/c1-5-34-20-11-8-15(13-17(20)27(2,3)4)24(31)22-23(21-7-6-12-35-21)30(26(33)25(22)32)16-9-10-18(28)19(29)14-16/h6-14,23,31H,5H2,1-4H3/b24-22-. The molecule has 1 aromatic heterocycles. The lowest BCUT2D eigenvalue weighted by Gasteiger charge is -2.25. The van der Waals surface area contributed by atoms with Crippen LogP contribution in [-0.2, 0) is 15.0 Å². The zero-order valence-corrected chi connectivity index (χ0v) is 20.6. The Kier molecular flexibility index (Phi) is 6.51. The van der Waals surface area contributed by atoms with E-state index in [4.69, 9.17) is 4.74 Å². The molecule has 2 heterocycles. The number of hydrogen-bond acceptors (Lipinski definition) is 5. The highest BCUT2D eigenvalue weighted by Gasteiger charge is 2.47. The second kappa shape index (κ2) is 9.26. The van der Waals surface area contributed by atoms with Crippen molar-refractivity contribution in [2.45, 2.75) is 39.2 Å². The molecule has 1 aliphatic heterocycles. The van der Waals surface area contributed by atoms with Crippen LogP contribution in [0.3, 0.4) is 0 Å². The lowest BCUT2D eigenvalue weighted by molar-refractivity contribution is -0.132. The van der Waals surface area contributed by atoms with Gasteiger partial charge in [-0.15, -0.1) is 11.3 Å². The Hall–Kier alpha value is -3.52. The molecule has 0 aliphatic carbocycles. The van der Waals surface area contributed by atoms with E-state index in [0.29, 0.717) is 22.8 Å². The van der Waals surface area contributed by atoms with Crippen LogP contribution < -0.4 is 9.64 Å². The van der Waals surface area contributed by atoms with E-state index >= 15 is 0 Å². The number of aliphatic hydroxyl groups excluding tert-OH is 1. The Morgan fingerprint density at radius 2 is 1.83 bits per heavy atom. The predicted octanol–water partition coefficient (Wildman–Crippen LogP) is 6.35. The number of Topliss-reactive ketones (excluding diaryl/α,β-unsaturated/α-hetero) is 1. The summed E-state index contributed by atoms with van der Waals surface area (Å²) < 4.78 is 33.4. The number of halogens is 2. The first-order valence-electron chi connectivity index (χ1n) is 11.1. The summed E-state index contributed by atoms with van der Waals surface area (Å²) in [5, 5.41) is 13.1. The van der Waals surface area contributed by atoms with Gasteiger partial charge in [0.1, 0.15) is 17.6 Å². The highest BCUT2D eigenvalue weighted by molar-refractivity contribution is 7.10. The van der Waals surface area contributed by atoms with Crippen molar-refractivity contribution in [1.82, 2.24) is 0 Å². The van der Waals surface area contributed by atoms with E-state index in [9.17, 15) is 23.5 Å². The molecule has 4 rings (SSSR count). The van der Waals surface area contributed by atoms with Gasteiger partial charge in [-0.25, -0.2) is 8.78 Å². The fraction of sp³-hybridized carbons (Fsp3) is 0.259. The molecule has 1 N–H and O–H groups in total. The summed E-state index contributed by atoms with van der Waals surface area (Å²) in [6, 6.07) is 10.6. The normalized spacial score (nSPS) is 17.8. The molecule has 2 aromatic carbocycles. The maximum absolute atomic E-state index is 14.0. The number of benzene rings is 2. The number of amides is 1. The average molecular weight is 498 g/mol. The number of nitrogens with zero attached hydrogens (tertiary/aromatic N) is 1. The number of carbonyl (C=O) groups excluding carboxylic acids is 2. The molecule has 35 heavy (non-hydrogen) atoms. The number of thiophene rings is 1. The van der Waals surface area contributed by atoms with Crippen LogP contribution in [0.15, 0.2) is 59.5 Å². The number of ether oxygens (including phenoxy) is 1. The Bertz CT molecular complexity index is 1330. The van der Waals surface area contributed by atoms with Gasteiger partial charge in [0.05, 0.1) is 12.2 Å². The van der Waals surface area contributed by atoms with Crippen molar-refractivity contribution >= 4 is 34.5 Å². The third-order valence-electron chi connectivity index (χ3n) is 5.80. The number of anilines is 1. The van der Waals surface area contributed by atoms with Crippen molar-refractivity contribution in [3.05, 3.63) is 87.1 Å². The molecule has 182 valence electrons. The summed E-state index contributed by atoms with van der Waals surface area (Å²) in [5.41, 5.74) is 0.747. The van der Waals surface area contributed by atoms with Gasteiger partial charge in [-0.05, 0) is 54.1 Å². The van der Waals surface area contributed by atoms with Crippen LogP contribution in [0.1, 0.15) is 49.7 Å². The largest absolute Gasteiger partial charge is 0.507 e. The van der Waals surface area contributed by atoms with Crippen molar-refractivity contribution in [2.24, 2.45) is 0 Å². The highest BCUT2D eigenvalue weighted by atomic mass is 32.1. The second-order valence-corrected chi connectivity index (χ2v) is 10.2. The average Bonchev–Trinajstić information content (AvgIpc) is 3.42. The Balaban J connectivity index is 1.92. The molecule has 1 atom stereocenters. The summed E-state index contributed by atoms with van der Waals surface area (Å²) in [6.07, 6.45) is 0. The lowest BCUT2D eigenvalue weighted by atomic mass is 9.84. The van der Waals surface area contributed by atoms with Gasteiger partial charge in [0.15, 0.2) is 11.6 Å². The molecule has 1 amide bonds. The zero-order valence-electron chi connectivity index (χ0n) is 19.8. The van der Waals surface area contributed by atoms with Crippen molar-refractivity contribution in [2.75, 3.05) is 11.5 Å². The second-order valence-electron chi connectivity index (χ2n) is 9.18. The minimum absolute atomic E-state index is 0.0190. The Labute approximate surface area is 206 Å². The van der Waals surface area contributed by atoms with Crippen LogP contribution in [0.5, 0.6) is 5.75 Å². The molecule has 5 nitrogen and oxygen atoms in total. The monoisotopic (exact) mass is 497 g/mol. The molecule has 1 unspecified atom stereocenters. The van der Waals surface area contributed by atoms with Gasteiger partial charge in [-0.3, -0.25) is 14.5 Å². The maximum Gasteiger partial charge on any atom is 0.300 e. The smallest absolute Gasteiger partial charge is 0.300 e. The van der Waals surface area contributed by atoms with Crippen LogP contribution in [-0.4, -0.2) is 23.4 Å². The first-order chi connectivity index (χ1) is 16.5. The van der Waals surface area contributed by atoms with Crippen molar-refractivity contribution in [3.63, 3.8) is 0 Å². The zero-order chi connectivity index (χ0) is 25.5. The van der Waals surface area contributed by atoms with E-state index in [1.807, 2.05) is 27.7 Å². The summed E-state index contributed by atoms with van der Waals surface area (Å²) in [6.45, 7) is 8.35. The molecule has 1 aliphatic rings. The van der Waals surface area contributed by atoms with Crippen molar-refractivity contribution in [3.8, 4) is 5.75 Å². The Morgan fingerprint density at radius 3 is 2.43 bits per heavy atom.